The molecule has 5 nitrogen and oxygen atoms in total. The predicted molar refractivity (Wildman–Crippen MR) is 85.8 cm³/mol. The summed E-state index contributed by atoms with van der Waals surface area (Å²) in [7, 11) is 3.19. The van der Waals surface area contributed by atoms with Crippen LogP contribution in [0.3, 0.4) is 0 Å². The Kier molecular flexibility index (Phi) is 5.68. The molecule has 2 aromatic rings. The first-order valence-electron chi connectivity index (χ1n) is 6.78. The van der Waals surface area contributed by atoms with Gasteiger partial charge in [-0.05, 0) is 17.7 Å². The number of carbonyl (C=O) groups is 1. The van der Waals surface area contributed by atoms with E-state index in [9.17, 15) is 4.79 Å². The molecule has 0 saturated heterocycles. The van der Waals surface area contributed by atoms with Crippen molar-refractivity contribution in [3.05, 3.63) is 46.8 Å². The van der Waals surface area contributed by atoms with Gasteiger partial charge >= 0.3 is 5.97 Å². The van der Waals surface area contributed by atoms with Gasteiger partial charge in [-0.15, -0.1) is 11.3 Å². The molecule has 0 amide bonds. The Balaban J connectivity index is 2.29. The second-order valence-corrected chi connectivity index (χ2v) is 5.97. The van der Waals surface area contributed by atoms with Crippen molar-refractivity contribution in [1.82, 2.24) is 0 Å². The lowest BCUT2D eigenvalue weighted by Gasteiger charge is -2.16. The first-order chi connectivity index (χ1) is 10.6. The molecule has 0 saturated carbocycles. The van der Waals surface area contributed by atoms with Crippen molar-refractivity contribution < 1.29 is 19.4 Å². The van der Waals surface area contributed by atoms with E-state index in [0.29, 0.717) is 6.42 Å². The van der Waals surface area contributed by atoms with E-state index in [2.05, 4.69) is 0 Å². The molecule has 1 unspecified atom stereocenters. The maximum absolute atomic E-state index is 10.8. The van der Waals surface area contributed by atoms with Crippen molar-refractivity contribution in [2.24, 2.45) is 5.73 Å². The second-order valence-electron chi connectivity index (χ2n) is 4.81. The number of benzene rings is 1. The molecule has 0 aliphatic heterocycles. The average Bonchev–Trinajstić information content (AvgIpc) is 2.97. The van der Waals surface area contributed by atoms with Crippen molar-refractivity contribution in [3.63, 3.8) is 0 Å². The average molecular weight is 321 g/mol. The smallest absolute Gasteiger partial charge is 0.320 e. The van der Waals surface area contributed by atoms with Crippen molar-refractivity contribution in [2.75, 3.05) is 14.2 Å². The molecule has 0 bridgehead atoms. The van der Waals surface area contributed by atoms with E-state index in [0.717, 1.165) is 20.9 Å². The van der Waals surface area contributed by atoms with Crippen LogP contribution in [0, 0.1) is 0 Å². The van der Waals surface area contributed by atoms with Gasteiger partial charge in [0, 0.05) is 36.0 Å². The molecule has 0 aliphatic rings. The number of ether oxygens (including phenoxy) is 2. The number of hydrogen-bond acceptors (Lipinski definition) is 5. The highest BCUT2D eigenvalue weighted by molar-refractivity contribution is 7.15. The topological polar surface area (TPSA) is 81.8 Å². The molecule has 1 heterocycles. The van der Waals surface area contributed by atoms with E-state index in [1.807, 2.05) is 36.4 Å². The van der Waals surface area contributed by atoms with Crippen LogP contribution in [0.2, 0.25) is 0 Å². The van der Waals surface area contributed by atoms with Crippen LogP contribution in [-0.4, -0.2) is 31.3 Å². The second kappa shape index (κ2) is 7.51. The first-order valence-corrected chi connectivity index (χ1v) is 7.60. The summed E-state index contributed by atoms with van der Waals surface area (Å²) in [6, 6.07) is 10.8. The van der Waals surface area contributed by atoms with Gasteiger partial charge in [0.05, 0.1) is 0 Å². The maximum atomic E-state index is 10.8. The molecule has 3 N–H and O–H groups in total. The SMILES string of the molecule is COC(OC)c1ccccc1-c1ccc(CC(N)C(=O)O)s1. The molecular weight excluding hydrogens is 302 g/mol. The Morgan fingerprint density at radius 3 is 2.55 bits per heavy atom. The lowest BCUT2D eigenvalue weighted by molar-refractivity contribution is -0.138. The minimum atomic E-state index is -0.991. The molecule has 22 heavy (non-hydrogen) atoms. The van der Waals surface area contributed by atoms with Gasteiger partial charge in [0.15, 0.2) is 6.29 Å². The Hall–Kier alpha value is -1.73. The highest BCUT2D eigenvalue weighted by atomic mass is 32.1. The van der Waals surface area contributed by atoms with Crippen LogP contribution >= 0.6 is 11.3 Å². The van der Waals surface area contributed by atoms with Crippen LogP contribution in [0.5, 0.6) is 0 Å². The molecule has 0 spiro atoms. The molecule has 6 heteroatoms. The summed E-state index contributed by atoms with van der Waals surface area (Å²) >= 11 is 1.53. The fraction of sp³-hybridized carbons (Fsp3) is 0.312. The predicted octanol–water partition coefficient (Wildman–Crippen LogP) is 2.66. The van der Waals surface area contributed by atoms with E-state index >= 15 is 0 Å². The summed E-state index contributed by atoms with van der Waals surface area (Å²) in [5.74, 6) is -0.991. The Labute approximate surface area is 133 Å². The molecular formula is C16H19NO4S. The third kappa shape index (κ3) is 3.72. The lowest BCUT2D eigenvalue weighted by atomic mass is 10.1. The number of rotatable bonds is 7. The van der Waals surface area contributed by atoms with Gasteiger partial charge in [0.1, 0.15) is 6.04 Å². The van der Waals surface area contributed by atoms with Crippen LogP contribution < -0.4 is 5.73 Å². The number of hydrogen-bond donors (Lipinski definition) is 2. The summed E-state index contributed by atoms with van der Waals surface area (Å²) in [6.45, 7) is 0. The van der Waals surface area contributed by atoms with E-state index in [4.69, 9.17) is 20.3 Å². The monoisotopic (exact) mass is 321 g/mol. The maximum Gasteiger partial charge on any atom is 0.320 e. The zero-order chi connectivity index (χ0) is 16.1. The Morgan fingerprint density at radius 2 is 1.91 bits per heavy atom. The summed E-state index contributed by atoms with van der Waals surface area (Å²) in [5.41, 5.74) is 7.53. The fourth-order valence-corrected chi connectivity index (χ4v) is 3.33. The van der Waals surface area contributed by atoms with E-state index < -0.39 is 18.3 Å². The lowest BCUT2D eigenvalue weighted by Crippen LogP contribution is -2.31. The van der Waals surface area contributed by atoms with Gasteiger partial charge in [-0.2, -0.15) is 0 Å². The number of carboxylic acids is 1. The van der Waals surface area contributed by atoms with Crippen molar-refractivity contribution in [2.45, 2.75) is 18.8 Å². The summed E-state index contributed by atoms with van der Waals surface area (Å²) in [6.07, 6.45) is -0.122. The zero-order valence-electron chi connectivity index (χ0n) is 12.5. The van der Waals surface area contributed by atoms with Crippen LogP contribution in [0.25, 0.3) is 10.4 Å². The molecule has 0 fully saturated rings. The standard InChI is InChI=1S/C16H19NO4S/c1-20-16(21-2)12-6-4-3-5-11(12)14-8-7-10(22-14)9-13(17)15(18)19/h3-8,13,16H,9,17H2,1-2H3,(H,18,19). The van der Waals surface area contributed by atoms with Crippen molar-refractivity contribution >= 4 is 17.3 Å². The van der Waals surface area contributed by atoms with E-state index in [1.54, 1.807) is 14.2 Å². The van der Waals surface area contributed by atoms with E-state index in [1.165, 1.54) is 11.3 Å². The number of nitrogens with two attached hydrogens (primary N) is 1. The van der Waals surface area contributed by atoms with Gasteiger partial charge in [-0.3, -0.25) is 4.79 Å². The van der Waals surface area contributed by atoms with Gasteiger partial charge < -0.3 is 20.3 Å². The molecule has 2 rings (SSSR count). The van der Waals surface area contributed by atoms with Crippen molar-refractivity contribution in [3.8, 4) is 10.4 Å². The third-order valence-corrected chi connectivity index (χ3v) is 4.45. The third-order valence-electron chi connectivity index (χ3n) is 3.31. The van der Waals surface area contributed by atoms with Crippen LogP contribution in [0.4, 0.5) is 0 Å². The van der Waals surface area contributed by atoms with Gasteiger partial charge in [-0.25, -0.2) is 0 Å². The number of methoxy groups -OCH3 is 2. The molecule has 0 aliphatic carbocycles. The first kappa shape index (κ1) is 16.6. The van der Waals surface area contributed by atoms with E-state index in [-0.39, 0.29) is 0 Å². The van der Waals surface area contributed by atoms with Gasteiger partial charge in [-0.1, -0.05) is 24.3 Å². The normalized spacial score (nSPS) is 12.5. The minimum Gasteiger partial charge on any atom is -0.480 e. The molecule has 1 aromatic heterocycles. The highest BCUT2D eigenvalue weighted by Crippen LogP contribution is 2.35. The highest BCUT2D eigenvalue weighted by Gasteiger charge is 2.17. The van der Waals surface area contributed by atoms with Gasteiger partial charge in [0.25, 0.3) is 0 Å². The van der Waals surface area contributed by atoms with Crippen LogP contribution in [0.1, 0.15) is 16.7 Å². The quantitative estimate of drug-likeness (QED) is 0.766. The van der Waals surface area contributed by atoms with Crippen LogP contribution in [0.15, 0.2) is 36.4 Å². The summed E-state index contributed by atoms with van der Waals surface area (Å²) in [4.78, 5) is 12.8. The number of aliphatic carboxylic acids is 1. The largest absolute Gasteiger partial charge is 0.480 e. The summed E-state index contributed by atoms with van der Waals surface area (Å²) in [5, 5.41) is 8.89. The summed E-state index contributed by atoms with van der Waals surface area (Å²) < 4.78 is 10.7. The van der Waals surface area contributed by atoms with Gasteiger partial charge in [0.2, 0.25) is 0 Å². The Bertz CT molecular complexity index is 637. The minimum absolute atomic E-state index is 0.320. The molecule has 118 valence electrons. The Morgan fingerprint density at radius 1 is 1.23 bits per heavy atom. The van der Waals surface area contributed by atoms with Crippen molar-refractivity contribution in [1.29, 1.82) is 0 Å². The van der Waals surface area contributed by atoms with Crippen LogP contribution in [-0.2, 0) is 20.7 Å². The zero-order valence-corrected chi connectivity index (χ0v) is 13.3. The number of thiophene rings is 1. The number of carboxylic acid groups (broad SMARTS) is 1. The molecule has 0 radical (unpaired) electrons. The molecule has 1 atom stereocenters. The fourth-order valence-electron chi connectivity index (χ4n) is 2.21. The molecule has 1 aromatic carbocycles.